The number of fused-ring (bicyclic) bond motifs is 2. The molecule has 1 saturated heterocycles. The predicted molar refractivity (Wildman–Crippen MR) is 216 cm³/mol. The van der Waals surface area contributed by atoms with E-state index in [0.29, 0.717) is 47.6 Å². The highest BCUT2D eigenvalue weighted by molar-refractivity contribution is 6.00. The summed E-state index contributed by atoms with van der Waals surface area (Å²) in [6.07, 6.45) is 7.28. The molecule has 3 atom stereocenters. The number of imidazole rings is 2. The molecule has 1 aromatic carbocycles. The molecule has 18 heteroatoms. The van der Waals surface area contributed by atoms with Crippen molar-refractivity contribution < 1.29 is 18.8 Å². The Balaban J connectivity index is 0.909. The third kappa shape index (κ3) is 7.19. The van der Waals surface area contributed by atoms with E-state index < -0.39 is 30.1 Å². The smallest absolute Gasteiger partial charge is 0.329 e. The van der Waals surface area contributed by atoms with Crippen LogP contribution in [0.5, 0.6) is 0 Å². The maximum absolute atomic E-state index is 13.7. The summed E-state index contributed by atoms with van der Waals surface area (Å²) in [5.74, 6) is -0.624. The first-order chi connectivity index (χ1) is 28.6. The number of aryl methyl sites for hydroxylation is 2. The number of hydrogen-bond acceptors (Lipinski definition) is 11. The number of alkyl halides is 1. The highest BCUT2D eigenvalue weighted by Crippen LogP contribution is 2.29. The number of imide groups is 1. The van der Waals surface area contributed by atoms with E-state index in [2.05, 4.69) is 36.3 Å². The number of halogens is 1. The molecule has 6 aromatic heterocycles. The first kappa shape index (κ1) is 37.1. The van der Waals surface area contributed by atoms with Crippen LogP contribution in [0.2, 0.25) is 0 Å². The Bertz CT molecular complexity index is 2900. The largest absolute Gasteiger partial charge is 0.382 e. The second kappa shape index (κ2) is 15.1. The number of piperidine rings is 1. The van der Waals surface area contributed by atoms with Gasteiger partial charge in [0.2, 0.25) is 11.8 Å². The minimum atomic E-state index is -1.08. The number of benzene rings is 1. The van der Waals surface area contributed by atoms with Crippen molar-refractivity contribution in [3.05, 3.63) is 124 Å². The van der Waals surface area contributed by atoms with Gasteiger partial charge in [-0.1, -0.05) is 18.2 Å². The lowest BCUT2D eigenvalue weighted by molar-refractivity contribution is -0.135. The van der Waals surface area contributed by atoms with Crippen molar-refractivity contribution in [1.29, 1.82) is 0 Å². The molecule has 9 rings (SSSR count). The average molecular weight is 797 g/mol. The second-order valence-corrected chi connectivity index (χ2v) is 14.5. The molecular weight excluding hydrogens is 760 g/mol. The van der Waals surface area contributed by atoms with Crippen molar-refractivity contribution in [2.75, 3.05) is 17.2 Å². The van der Waals surface area contributed by atoms with Crippen molar-refractivity contribution in [2.24, 2.45) is 7.05 Å². The van der Waals surface area contributed by atoms with Gasteiger partial charge in [0.25, 0.3) is 11.5 Å². The van der Waals surface area contributed by atoms with Gasteiger partial charge in [-0.2, -0.15) is 0 Å². The standard InChI is InChI=1S/C41H37FN12O5/c1-51-32-18-23(10-12-30(32)53(41(51)59)31-13-14-36(55)49-38(31)56)24-9-11-25(45-21-24)6-4-16-43-29-20-34(47-27-7-5-17-52(40(27)58)35-8-2-3-15-44-35)50-54-33(22-46-37(29)54)39(57)48-28-19-26(28)42/h2-3,5,7-12,15,17-18,20-22,26,28,31,43H,4,6,13-14,16,19H2,1H3,(H,47,50)(H,48,57)(H,49,55,56)/t26-,28+,31?/m0/s1. The number of amides is 3. The normalized spacial score (nSPS) is 17.6. The van der Waals surface area contributed by atoms with Crippen LogP contribution in [0.15, 0.2) is 101 Å². The van der Waals surface area contributed by atoms with Crippen LogP contribution < -0.4 is 32.5 Å². The summed E-state index contributed by atoms with van der Waals surface area (Å²) in [7, 11) is 1.66. The van der Waals surface area contributed by atoms with E-state index in [1.807, 2.05) is 30.3 Å². The van der Waals surface area contributed by atoms with Crippen molar-refractivity contribution in [2.45, 2.75) is 50.4 Å². The number of aromatic nitrogens is 8. The lowest BCUT2D eigenvalue weighted by Crippen LogP contribution is -2.44. The molecule has 1 saturated carbocycles. The minimum absolute atomic E-state index is 0.113. The molecule has 1 aliphatic carbocycles. The zero-order valence-electron chi connectivity index (χ0n) is 31.6. The van der Waals surface area contributed by atoms with E-state index in [9.17, 15) is 28.4 Å². The number of carbonyl (C=O) groups is 3. The van der Waals surface area contributed by atoms with E-state index in [4.69, 9.17) is 4.98 Å². The quantitative estimate of drug-likeness (QED) is 0.104. The molecule has 17 nitrogen and oxygen atoms in total. The molecule has 1 unspecified atom stereocenters. The van der Waals surface area contributed by atoms with Gasteiger partial charge in [-0.25, -0.2) is 23.7 Å². The van der Waals surface area contributed by atoms with Crippen LogP contribution in [0.3, 0.4) is 0 Å². The zero-order chi connectivity index (χ0) is 40.8. The number of anilines is 3. The number of rotatable bonds is 12. The van der Waals surface area contributed by atoms with Crippen molar-refractivity contribution >= 4 is 51.6 Å². The minimum Gasteiger partial charge on any atom is -0.382 e. The van der Waals surface area contributed by atoms with Gasteiger partial charge in [0.1, 0.15) is 23.7 Å². The maximum Gasteiger partial charge on any atom is 0.329 e. The SMILES string of the molecule is Cn1c(=O)n(C2CCC(=O)NC2=O)c2ccc(-c3ccc(CCCNc4cc(Nc5cccn(-c6ccccn6)c5=O)nn5c(C(=O)N[C@@H]6C[C@@H]6F)cnc45)nc3)cc21. The molecule has 0 spiro atoms. The third-order valence-corrected chi connectivity index (χ3v) is 10.5. The van der Waals surface area contributed by atoms with Gasteiger partial charge in [0.05, 0.1) is 29.0 Å². The molecule has 4 N–H and O–H groups in total. The van der Waals surface area contributed by atoms with Crippen LogP contribution >= 0.6 is 0 Å². The van der Waals surface area contributed by atoms with Gasteiger partial charge in [0.15, 0.2) is 17.2 Å². The van der Waals surface area contributed by atoms with Crippen LogP contribution in [0.4, 0.5) is 21.6 Å². The molecule has 7 heterocycles. The molecule has 0 radical (unpaired) electrons. The van der Waals surface area contributed by atoms with Crippen LogP contribution in [0.1, 0.15) is 47.9 Å². The molecule has 7 aromatic rings. The van der Waals surface area contributed by atoms with E-state index in [1.165, 1.54) is 24.4 Å². The fourth-order valence-corrected chi connectivity index (χ4v) is 7.28. The van der Waals surface area contributed by atoms with E-state index in [0.717, 1.165) is 16.8 Å². The summed E-state index contributed by atoms with van der Waals surface area (Å²) in [4.78, 5) is 77.5. The molecule has 1 aliphatic heterocycles. The number of pyridine rings is 3. The zero-order valence-corrected chi connectivity index (χ0v) is 31.6. The molecule has 59 heavy (non-hydrogen) atoms. The molecule has 2 aliphatic rings. The van der Waals surface area contributed by atoms with Gasteiger partial charge < -0.3 is 16.0 Å². The van der Waals surface area contributed by atoms with E-state index in [1.54, 1.807) is 62.0 Å². The van der Waals surface area contributed by atoms with Gasteiger partial charge in [0, 0.05) is 62.3 Å². The Kier molecular flexibility index (Phi) is 9.50. The molecule has 2 fully saturated rings. The number of carbonyl (C=O) groups excluding carboxylic acids is 3. The van der Waals surface area contributed by atoms with Crippen molar-refractivity contribution in [1.82, 2.24) is 48.9 Å². The molecule has 0 bridgehead atoms. The highest BCUT2D eigenvalue weighted by Gasteiger charge is 2.39. The van der Waals surface area contributed by atoms with Crippen molar-refractivity contribution in [3.63, 3.8) is 0 Å². The monoisotopic (exact) mass is 796 g/mol. The van der Waals surface area contributed by atoms with Crippen LogP contribution in [-0.4, -0.2) is 74.7 Å². The van der Waals surface area contributed by atoms with Crippen LogP contribution in [0.25, 0.3) is 33.6 Å². The summed E-state index contributed by atoms with van der Waals surface area (Å²) in [6.45, 7) is 0.495. The Morgan fingerprint density at radius 3 is 2.54 bits per heavy atom. The van der Waals surface area contributed by atoms with Crippen LogP contribution in [0, 0.1) is 0 Å². The summed E-state index contributed by atoms with van der Waals surface area (Å²) in [5, 5.41) is 16.1. The number of hydrogen-bond donors (Lipinski definition) is 4. The van der Waals surface area contributed by atoms with E-state index >= 15 is 0 Å². The first-order valence-electron chi connectivity index (χ1n) is 19.1. The van der Waals surface area contributed by atoms with Gasteiger partial charge >= 0.3 is 5.69 Å². The predicted octanol–water partition coefficient (Wildman–Crippen LogP) is 3.60. The lowest BCUT2D eigenvalue weighted by Gasteiger charge is -2.21. The maximum atomic E-state index is 13.7. The Labute approximate surface area is 333 Å². The highest BCUT2D eigenvalue weighted by atomic mass is 19.1. The van der Waals surface area contributed by atoms with E-state index in [-0.39, 0.29) is 53.6 Å². The van der Waals surface area contributed by atoms with Gasteiger partial charge in [-0.15, -0.1) is 5.10 Å². The number of nitrogens with zero attached hydrogens (tertiary/aromatic N) is 8. The second-order valence-electron chi connectivity index (χ2n) is 14.5. The third-order valence-electron chi connectivity index (χ3n) is 10.5. The summed E-state index contributed by atoms with van der Waals surface area (Å²) in [5.41, 5.74) is 4.39. The van der Waals surface area contributed by atoms with Gasteiger partial charge in [-0.3, -0.25) is 43.2 Å². The fourth-order valence-electron chi connectivity index (χ4n) is 7.28. The molecule has 3 amide bonds. The summed E-state index contributed by atoms with van der Waals surface area (Å²) < 4.78 is 19.4. The lowest BCUT2D eigenvalue weighted by atomic mass is 10.0. The number of nitrogens with one attached hydrogen (secondary N) is 4. The van der Waals surface area contributed by atoms with Gasteiger partial charge in [-0.05, 0) is 67.3 Å². The molecular formula is C41H37FN12O5. The molecule has 298 valence electrons. The Morgan fingerprint density at radius 1 is 0.932 bits per heavy atom. The summed E-state index contributed by atoms with van der Waals surface area (Å²) >= 11 is 0. The Morgan fingerprint density at radius 2 is 1.78 bits per heavy atom. The van der Waals surface area contributed by atoms with Crippen molar-refractivity contribution in [3.8, 4) is 16.9 Å². The summed E-state index contributed by atoms with van der Waals surface area (Å²) in [6, 6.07) is 18.5. The van der Waals surface area contributed by atoms with Crippen LogP contribution in [-0.2, 0) is 23.1 Å². The first-order valence-corrected chi connectivity index (χ1v) is 19.1. The fraction of sp³-hybridized carbons (Fsp3) is 0.244. The average Bonchev–Trinajstić information content (AvgIpc) is 3.65. The Hall–Kier alpha value is -7.50. The topological polar surface area (TPSA) is 204 Å².